The molecule has 2 aromatic rings. The van der Waals surface area contributed by atoms with E-state index >= 15 is 0 Å². The number of thiazole rings is 1. The highest BCUT2D eigenvalue weighted by atomic mass is 32.1. The zero-order valence-corrected chi connectivity index (χ0v) is 17.1. The van der Waals surface area contributed by atoms with Crippen LogP contribution in [-0.2, 0) is 9.47 Å². The third kappa shape index (κ3) is 4.37. The molecule has 4 rings (SSSR count). The number of ether oxygens (including phenoxy) is 3. The van der Waals surface area contributed by atoms with Gasteiger partial charge in [0.2, 0.25) is 0 Å². The first-order valence-corrected chi connectivity index (χ1v) is 10.7. The number of carbonyl (C=O) groups is 1. The summed E-state index contributed by atoms with van der Waals surface area (Å²) in [6, 6.07) is 7.85. The maximum absolute atomic E-state index is 12.8. The molecule has 3 heterocycles. The molecule has 7 heteroatoms. The van der Waals surface area contributed by atoms with Crippen molar-refractivity contribution in [3.63, 3.8) is 0 Å². The third-order valence-corrected chi connectivity index (χ3v) is 5.95. The normalized spacial score (nSPS) is 18.8. The van der Waals surface area contributed by atoms with E-state index in [0.29, 0.717) is 24.8 Å². The van der Waals surface area contributed by atoms with Crippen LogP contribution in [0.25, 0.3) is 10.6 Å². The molecule has 1 aromatic carbocycles. The zero-order chi connectivity index (χ0) is 19.5. The van der Waals surface area contributed by atoms with Crippen molar-refractivity contribution in [3.05, 3.63) is 35.3 Å². The standard InChI is InChI=1S/C21H26N2O4S/c1-14(2)27-17-5-3-15(4-6-17)19-22-18(13-28-19)20(24)23-9-7-16(8-10-23)21-25-11-12-26-21/h3-6,13-14,16,21H,7-12H2,1-2H3. The second kappa shape index (κ2) is 8.59. The van der Waals surface area contributed by atoms with Gasteiger partial charge < -0.3 is 19.1 Å². The number of hydrogen-bond donors (Lipinski definition) is 0. The van der Waals surface area contributed by atoms with Crippen molar-refractivity contribution in [3.8, 4) is 16.3 Å². The van der Waals surface area contributed by atoms with Crippen LogP contribution in [0.3, 0.4) is 0 Å². The van der Waals surface area contributed by atoms with Gasteiger partial charge in [-0.3, -0.25) is 4.79 Å². The number of aromatic nitrogens is 1. The maximum Gasteiger partial charge on any atom is 0.273 e. The van der Waals surface area contributed by atoms with Gasteiger partial charge in [0.15, 0.2) is 6.29 Å². The fourth-order valence-electron chi connectivity index (χ4n) is 3.64. The maximum atomic E-state index is 12.8. The first-order valence-electron chi connectivity index (χ1n) is 9.85. The highest BCUT2D eigenvalue weighted by Gasteiger charge is 2.32. The van der Waals surface area contributed by atoms with E-state index in [2.05, 4.69) is 4.98 Å². The SMILES string of the molecule is CC(C)Oc1ccc(-c2nc(C(=O)N3CCC(C4OCCO4)CC3)cs2)cc1. The Kier molecular flexibility index (Phi) is 5.94. The van der Waals surface area contributed by atoms with Gasteiger partial charge >= 0.3 is 0 Å². The Bertz CT molecular complexity index is 791. The minimum absolute atomic E-state index is 0.00831. The highest BCUT2D eigenvalue weighted by molar-refractivity contribution is 7.13. The lowest BCUT2D eigenvalue weighted by molar-refractivity contribution is -0.0956. The van der Waals surface area contributed by atoms with E-state index in [1.165, 1.54) is 11.3 Å². The van der Waals surface area contributed by atoms with E-state index in [9.17, 15) is 4.79 Å². The first kappa shape index (κ1) is 19.4. The molecule has 0 saturated carbocycles. The van der Waals surface area contributed by atoms with Crippen LogP contribution >= 0.6 is 11.3 Å². The molecule has 0 spiro atoms. The van der Waals surface area contributed by atoms with Crippen molar-refractivity contribution in [2.75, 3.05) is 26.3 Å². The van der Waals surface area contributed by atoms with Crippen LogP contribution in [0.5, 0.6) is 5.75 Å². The van der Waals surface area contributed by atoms with Crippen LogP contribution in [0.4, 0.5) is 0 Å². The molecule has 0 N–H and O–H groups in total. The summed E-state index contributed by atoms with van der Waals surface area (Å²) in [6.07, 6.45) is 1.87. The van der Waals surface area contributed by atoms with Crippen LogP contribution in [0, 0.1) is 5.92 Å². The van der Waals surface area contributed by atoms with Crippen LogP contribution in [0.1, 0.15) is 37.2 Å². The van der Waals surface area contributed by atoms with Crippen molar-refractivity contribution in [2.24, 2.45) is 5.92 Å². The van der Waals surface area contributed by atoms with Gasteiger partial charge in [0, 0.05) is 30.0 Å². The van der Waals surface area contributed by atoms with Gasteiger partial charge in [-0.15, -0.1) is 11.3 Å². The topological polar surface area (TPSA) is 60.9 Å². The number of benzene rings is 1. The Labute approximate surface area is 169 Å². The first-order chi connectivity index (χ1) is 13.6. The van der Waals surface area contributed by atoms with E-state index in [1.54, 1.807) is 0 Å². The number of hydrogen-bond acceptors (Lipinski definition) is 6. The van der Waals surface area contributed by atoms with Crippen molar-refractivity contribution >= 4 is 17.2 Å². The summed E-state index contributed by atoms with van der Waals surface area (Å²) in [5.74, 6) is 1.22. The van der Waals surface area contributed by atoms with E-state index in [-0.39, 0.29) is 18.3 Å². The number of amides is 1. The monoisotopic (exact) mass is 402 g/mol. The van der Waals surface area contributed by atoms with Gasteiger partial charge in [0.1, 0.15) is 16.5 Å². The van der Waals surface area contributed by atoms with E-state index in [1.807, 2.05) is 48.4 Å². The molecular formula is C21H26N2O4S. The molecule has 1 amide bonds. The summed E-state index contributed by atoms with van der Waals surface area (Å²) >= 11 is 1.50. The van der Waals surface area contributed by atoms with Crippen molar-refractivity contribution < 1.29 is 19.0 Å². The van der Waals surface area contributed by atoms with Crippen LogP contribution in [0.15, 0.2) is 29.6 Å². The van der Waals surface area contributed by atoms with Crippen LogP contribution < -0.4 is 4.74 Å². The van der Waals surface area contributed by atoms with Gasteiger partial charge in [0.25, 0.3) is 5.91 Å². The summed E-state index contributed by atoms with van der Waals surface area (Å²) in [4.78, 5) is 19.3. The fraction of sp³-hybridized carbons (Fsp3) is 0.524. The van der Waals surface area contributed by atoms with Crippen LogP contribution in [0.2, 0.25) is 0 Å². The Morgan fingerprint density at radius 2 is 1.86 bits per heavy atom. The second-order valence-electron chi connectivity index (χ2n) is 7.47. The summed E-state index contributed by atoms with van der Waals surface area (Å²) in [5.41, 5.74) is 1.52. The Hall–Kier alpha value is -1.96. The molecule has 1 aromatic heterocycles. The van der Waals surface area contributed by atoms with Gasteiger partial charge in [0.05, 0.1) is 19.3 Å². The molecule has 0 radical (unpaired) electrons. The summed E-state index contributed by atoms with van der Waals surface area (Å²) in [6.45, 7) is 6.81. The quantitative estimate of drug-likeness (QED) is 0.761. The van der Waals surface area contributed by atoms with Gasteiger partial charge in [-0.05, 0) is 51.0 Å². The van der Waals surface area contributed by atoms with Crippen molar-refractivity contribution in [1.29, 1.82) is 0 Å². The molecule has 0 atom stereocenters. The van der Waals surface area contributed by atoms with E-state index < -0.39 is 0 Å². The molecule has 0 aliphatic carbocycles. The lowest BCUT2D eigenvalue weighted by atomic mass is 9.96. The number of rotatable bonds is 5. The predicted octanol–water partition coefficient (Wildman–Crippen LogP) is 3.82. The molecular weight excluding hydrogens is 376 g/mol. The molecule has 0 bridgehead atoms. The van der Waals surface area contributed by atoms with Crippen LogP contribution in [-0.4, -0.2) is 54.5 Å². The summed E-state index contributed by atoms with van der Waals surface area (Å²) < 4.78 is 16.9. The number of likely N-dealkylation sites (tertiary alicyclic amines) is 1. The number of carbonyl (C=O) groups excluding carboxylic acids is 1. The second-order valence-corrected chi connectivity index (χ2v) is 8.33. The van der Waals surface area contributed by atoms with Gasteiger partial charge in [-0.1, -0.05) is 0 Å². The Morgan fingerprint density at radius 3 is 2.50 bits per heavy atom. The molecule has 2 fully saturated rings. The average molecular weight is 403 g/mol. The van der Waals surface area contributed by atoms with Gasteiger partial charge in [-0.2, -0.15) is 0 Å². The molecule has 150 valence electrons. The third-order valence-electron chi connectivity index (χ3n) is 5.06. The minimum Gasteiger partial charge on any atom is -0.491 e. The van der Waals surface area contributed by atoms with Gasteiger partial charge in [-0.25, -0.2) is 4.98 Å². The molecule has 28 heavy (non-hydrogen) atoms. The Balaban J connectivity index is 1.36. The molecule has 6 nitrogen and oxygen atoms in total. The van der Waals surface area contributed by atoms with E-state index in [4.69, 9.17) is 14.2 Å². The predicted molar refractivity (Wildman–Crippen MR) is 108 cm³/mol. The fourth-order valence-corrected chi connectivity index (χ4v) is 4.44. The summed E-state index contributed by atoms with van der Waals surface area (Å²) in [7, 11) is 0. The Morgan fingerprint density at radius 1 is 1.18 bits per heavy atom. The smallest absolute Gasteiger partial charge is 0.273 e. The zero-order valence-electron chi connectivity index (χ0n) is 16.3. The highest BCUT2D eigenvalue weighted by Crippen LogP contribution is 2.29. The molecule has 2 aliphatic rings. The van der Waals surface area contributed by atoms with E-state index in [0.717, 1.165) is 42.3 Å². The minimum atomic E-state index is -0.0919. The number of nitrogens with zero attached hydrogens (tertiary/aromatic N) is 2. The molecule has 2 saturated heterocycles. The number of piperidine rings is 1. The molecule has 2 aliphatic heterocycles. The van der Waals surface area contributed by atoms with Crippen molar-refractivity contribution in [1.82, 2.24) is 9.88 Å². The lowest BCUT2D eigenvalue weighted by Gasteiger charge is -2.33. The molecule has 0 unspecified atom stereocenters. The largest absolute Gasteiger partial charge is 0.491 e. The summed E-state index contributed by atoms with van der Waals surface area (Å²) in [5, 5.41) is 2.70. The van der Waals surface area contributed by atoms with Crippen molar-refractivity contribution in [2.45, 2.75) is 39.1 Å². The lowest BCUT2D eigenvalue weighted by Crippen LogP contribution is -2.41. The average Bonchev–Trinajstić information content (AvgIpc) is 3.40.